The highest BCUT2D eigenvalue weighted by Crippen LogP contribution is 2.22. The van der Waals surface area contributed by atoms with Gasteiger partial charge in [-0.15, -0.1) is 0 Å². The zero-order chi connectivity index (χ0) is 14.5. The van der Waals surface area contributed by atoms with E-state index in [1.807, 2.05) is 0 Å². The number of aromatic hydroxyl groups is 1. The summed E-state index contributed by atoms with van der Waals surface area (Å²) in [6, 6.07) is 4.82. The molecular weight excluding hydrogens is 260 g/mol. The van der Waals surface area contributed by atoms with E-state index in [2.05, 4.69) is 5.32 Å². The smallest absolute Gasteiger partial charge is 0.239 e. The zero-order valence-electron chi connectivity index (χ0n) is 11.4. The van der Waals surface area contributed by atoms with Crippen molar-refractivity contribution in [1.82, 2.24) is 10.2 Å². The maximum Gasteiger partial charge on any atom is 0.239 e. The van der Waals surface area contributed by atoms with Gasteiger partial charge in [-0.2, -0.15) is 0 Å². The van der Waals surface area contributed by atoms with Crippen molar-refractivity contribution in [3.8, 4) is 11.5 Å². The van der Waals surface area contributed by atoms with Crippen LogP contribution in [0.5, 0.6) is 11.5 Å². The van der Waals surface area contributed by atoms with Crippen LogP contribution in [0.2, 0.25) is 0 Å². The van der Waals surface area contributed by atoms with E-state index in [1.54, 1.807) is 17.0 Å². The number of amides is 2. The molecular formula is C14H18N2O4. The third kappa shape index (κ3) is 3.40. The molecule has 20 heavy (non-hydrogen) atoms. The van der Waals surface area contributed by atoms with Crippen molar-refractivity contribution in [2.24, 2.45) is 0 Å². The van der Waals surface area contributed by atoms with Gasteiger partial charge >= 0.3 is 0 Å². The number of hydrogen-bond acceptors (Lipinski definition) is 4. The van der Waals surface area contributed by atoms with Gasteiger partial charge in [0.05, 0.1) is 13.7 Å². The Morgan fingerprint density at radius 1 is 1.50 bits per heavy atom. The van der Waals surface area contributed by atoms with E-state index in [0.29, 0.717) is 24.3 Å². The van der Waals surface area contributed by atoms with Gasteiger partial charge in [0.25, 0.3) is 0 Å². The number of nitrogens with zero attached hydrogens (tertiary/aromatic N) is 1. The number of phenols is 1. The van der Waals surface area contributed by atoms with E-state index in [0.717, 1.165) is 6.42 Å². The van der Waals surface area contributed by atoms with E-state index >= 15 is 0 Å². The highest BCUT2D eigenvalue weighted by molar-refractivity contribution is 5.85. The van der Waals surface area contributed by atoms with Gasteiger partial charge in [-0.05, 0) is 24.6 Å². The molecule has 2 rings (SSSR count). The summed E-state index contributed by atoms with van der Waals surface area (Å²) in [5, 5.41) is 12.4. The van der Waals surface area contributed by atoms with Crippen LogP contribution < -0.4 is 10.1 Å². The average molecular weight is 278 g/mol. The maximum absolute atomic E-state index is 11.8. The molecule has 6 nitrogen and oxygen atoms in total. The van der Waals surface area contributed by atoms with Crippen LogP contribution >= 0.6 is 0 Å². The second kappa shape index (κ2) is 6.27. The predicted octanol–water partition coefficient (Wildman–Crippen LogP) is 0.639. The summed E-state index contributed by atoms with van der Waals surface area (Å²) in [5.74, 6) is 0.497. The van der Waals surface area contributed by atoms with Gasteiger partial charge in [-0.3, -0.25) is 9.59 Å². The Labute approximate surface area is 117 Å². The standard InChI is InChI=1S/C14H18N2O4/c1-20-11-4-5-12(17)10(7-11)8-15-13(18)9-16-6-2-3-14(16)19/h4-5,7,17H,2-3,6,8-9H2,1H3,(H,15,18). The average Bonchev–Trinajstić information content (AvgIpc) is 2.83. The normalized spacial score (nSPS) is 14.4. The number of likely N-dealkylation sites (tertiary alicyclic amines) is 1. The molecule has 0 spiro atoms. The fraction of sp³-hybridized carbons (Fsp3) is 0.429. The first kappa shape index (κ1) is 14.2. The van der Waals surface area contributed by atoms with Crippen LogP contribution in [-0.2, 0) is 16.1 Å². The Hall–Kier alpha value is -2.24. The highest BCUT2D eigenvalue weighted by atomic mass is 16.5. The Bertz CT molecular complexity index is 516. The zero-order valence-corrected chi connectivity index (χ0v) is 11.4. The summed E-state index contributed by atoms with van der Waals surface area (Å²) in [7, 11) is 1.54. The fourth-order valence-corrected chi connectivity index (χ4v) is 2.12. The van der Waals surface area contributed by atoms with Gasteiger partial charge in [0, 0.05) is 25.1 Å². The molecule has 1 heterocycles. The fourth-order valence-electron chi connectivity index (χ4n) is 2.12. The first-order valence-corrected chi connectivity index (χ1v) is 6.50. The van der Waals surface area contributed by atoms with E-state index < -0.39 is 0 Å². The molecule has 0 aromatic heterocycles. The van der Waals surface area contributed by atoms with E-state index in [1.165, 1.54) is 13.2 Å². The molecule has 2 N–H and O–H groups in total. The molecule has 1 aromatic rings. The van der Waals surface area contributed by atoms with Gasteiger partial charge in [0.1, 0.15) is 11.5 Å². The lowest BCUT2D eigenvalue weighted by Crippen LogP contribution is -2.37. The summed E-state index contributed by atoms with van der Waals surface area (Å²) < 4.78 is 5.06. The second-order valence-electron chi connectivity index (χ2n) is 4.69. The molecule has 0 bridgehead atoms. The Balaban J connectivity index is 1.88. The van der Waals surface area contributed by atoms with Gasteiger partial charge in [0.2, 0.25) is 11.8 Å². The minimum atomic E-state index is -0.234. The molecule has 0 atom stereocenters. The second-order valence-corrected chi connectivity index (χ2v) is 4.69. The molecule has 1 saturated heterocycles. The maximum atomic E-state index is 11.8. The number of ether oxygens (including phenoxy) is 1. The predicted molar refractivity (Wildman–Crippen MR) is 72.3 cm³/mol. The SMILES string of the molecule is COc1ccc(O)c(CNC(=O)CN2CCCC2=O)c1. The van der Waals surface area contributed by atoms with Crippen LogP contribution in [-0.4, -0.2) is 42.0 Å². The molecule has 0 saturated carbocycles. The number of benzene rings is 1. The Kier molecular flexibility index (Phi) is 4.45. The van der Waals surface area contributed by atoms with E-state index in [-0.39, 0.29) is 30.7 Å². The molecule has 1 aliphatic rings. The van der Waals surface area contributed by atoms with Crippen LogP contribution in [0.15, 0.2) is 18.2 Å². The number of carbonyl (C=O) groups excluding carboxylic acids is 2. The third-order valence-corrected chi connectivity index (χ3v) is 3.27. The lowest BCUT2D eigenvalue weighted by atomic mass is 10.2. The molecule has 0 radical (unpaired) electrons. The quantitative estimate of drug-likeness (QED) is 0.828. The topological polar surface area (TPSA) is 78.9 Å². The summed E-state index contributed by atoms with van der Waals surface area (Å²) in [5.41, 5.74) is 0.574. The molecule has 2 amide bonds. The lowest BCUT2D eigenvalue weighted by Gasteiger charge is -2.15. The van der Waals surface area contributed by atoms with Crippen molar-refractivity contribution in [2.75, 3.05) is 20.2 Å². The summed E-state index contributed by atoms with van der Waals surface area (Å²) >= 11 is 0. The molecule has 108 valence electrons. The number of nitrogens with one attached hydrogen (secondary N) is 1. The molecule has 0 aliphatic carbocycles. The minimum absolute atomic E-state index is 0.0179. The van der Waals surface area contributed by atoms with E-state index in [4.69, 9.17) is 4.74 Å². The van der Waals surface area contributed by atoms with Crippen LogP contribution in [0, 0.1) is 0 Å². The van der Waals surface area contributed by atoms with Crippen molar-refractivity contribution in [3.63, 3.8) is 0 Å². The molecule has 1 fully saturated rings. The lowest BCUT2D eigenvalue weighted by molar-refractivity contribution is -0.133. The molecule has 6 heteroatoms. The Morgan fingerprint density at radius 3 is 2.95 bits per heavy atom. The summed E-state index contributed by atoms with van der Waals surface area (Å²) in [4.78, 5) is 24.7. The van der Waals surface area contributed by atoms with Crippen LogP contribution in [0.4, 0.5) is 0 Å². The third-order valence-electron chi connectivity index (χ3n) is 3.27. The van der Waals surface area contributed by atoms with Crippen LogP contribution in [0.25, 0.3) is 0 Å². The van der Waals surface area contributed by atoms with Crippen molar-refractivity contribution in [2.45, 2.75) is 19.4 Å². The Morgan fingerprint density at radius 2 is 2.30 bits per heavy atom. The molecule has 1 aliphatic heterocycles. The van der Waals surface area contributed by atoms with Crippen molar-refractivity contribution in [3.05, 3.63) is 23.8 Å². The van der Waals surface area contributed by atoms with E-state index in [9.17, 15) is 14.7 Å². The first-order valence-electron chi connectivity index (χ1n) is 6.50. The first-order chi connectivity index (χ1) is 9.60. The highest BCUT2D eigenvalue weighted by Gasteiger charge is 2.22. The number of carbonyl (C=O) groups is 2. The summed E-state index contributed by atoms with van der Waals surface area (Å²) in [6.07, 6.45) is 1.33. The molecule has 1 aromatic carbocycles. The largest absolute Gasteiger partial charge is 0.508 e. The minimum Gasteiger partial charge on any atom is -0.508 e. The van der Waals surface area contributed by atoms with Crippen molar-refractivity contribution in [1.29, 1.82) is 0 Å². The number of hydrogen-bond donors (Lipinski definition) is 2. The number of phenolic OH excluding ortho intramolecular Hbond substituents is 1. The molecule has 0 unspecified atom stereocenters. The van der Waals surface area contributed by atoms with Gasteiger partial charge in [0.15, 0.2) is 0 Å². The number of methoxy groups -OCH3 is 1. The van der Waals surface area contributed by atoms with Crippen molar-refractivity contribution >= 4 is 11.8 Å². The van der Waals surface area contributed by atoms with Gasteiger partial charge in [-0.25, -0.2) is 0 Å². The van der Waals surface area contributed by atoms with Gasteiger partial charge in [-0.1, -0.05) is 0 Å². The van der Waals surface area contributed by atoms with Crippen LogP contribution in [0.1, 0.15) is 18.4 Å². The van der Waals surface area contributed by atoms with Crippen molar-refractivity contribution < 1.29 is 19.4 Å². The van der Waals surface area contributed by atoms with Crippen LogP contribution in [0.3, 0.4) is 0 Å². The summed E-state index contributed by atoms with van der Waals surface area (Å²) in [6.45, 7) is 0.907. The number of rotatable bonds is 5. The van der Waals surface area contributed by atoms with Gasteiger partial charge < -0.3 is 20.1 Å². The monoisotopic (exact) mass is 278 g/mol.